The Hall–Kier alpha value is -2.94. The van der Waals surface area contributed by atoms with Gasteiger partial charge in [0.1, 0.15) is 0 Å². The first-order valence-corrected chi connectivity index (χ1v) is 9.28. The Morgan fingerprint density at radius 1 is 0.963 bits per heavy atom. The number of rotatable bonds is 7. The molecule has 0 fully saturated rings. The van der Waals surface area contributed by atoms with Crippen molar-refractivity contribution in [1.29, 1.82) is 0 Å². The lowest BCUT2D eigenvalue weighted by molar-refractivity contribution is -0.255. The molecule has 146 valence electrons. The summed E-state index contributed by atoms with van der Waals surface area (Å²) in [5, 5.41) is 11.2. The Morgan fingerprint density at radius 3 is 1.96 bits per heavy atom. The van der Waals surface area contributed by atoms with Gasteiger partial charge in [0.15, 0.2) is 11.5 Å². The smallest absolute Gasteiger partial charge is 0.262 e. The molecule has 0 aliphatic carbocycles. The average Bonchev–Trinajstić information content (AvgIpc) is 2.62. The number of carboxylic acids is 1. The van der Waals surface area contributed by atoms with Gasteiger partial charge in [-0.25, -0.2) is 8.42 Å². The van der Waals surface area contributed by atoms with E-state index in [4.69, 9.17) is 14.2 Å². The van der Waals surface area contributed by atoms with Crippen LogP contribution in [0.5, 0.6) is 17.2 Å². The van der Waals surface area contributed by atoms with Gasteiger partial charge in [-0.05, 0) is 42.7 Å². The molecular weight excluding hydrogens is 374 g/mol. The van der Waals surface area contributed by atoms with E-state index in [0.717, 1.165) is 6.07 Å². The maximum absolute atomic E-state index is 12.9. The Kier molecular flexibility index (Phi) is 5.85. The maximum Gasteiger partial charge on any atom is 0.262 e. The minimum atomic E-state index is -4.09. The minimum absolute atomic E-state index is 0.157. The van der Waals surface area contributed by atoms with Gasteiger partial charge in [-0.2, -0.15) is 0 Å². The van der Waals surface area contributed by atoms with E-state index in [0.29, 0.717) is 16.9 Å². The van der Waals surface area contributed by atoms with Gasteiger partial charge in [0.05, 0.1) is 37.9 Å². The lowest BCUT2D eigenvalue weighted by Crippen LogP contribution is -2.24. The third-order valence-electron chi connectivity index (χ3n) is 4.06. The molecule has 0 atom stereocenters. The molecule has 0 radical (unpaired) electrons. The molecule has 0 heterocycles. The normalized spacial score (nSPS) is 11.0. The van der Waals surface area contributed by atoms with Crippen LogP contribution in [0.2, 0.25) is 0 Å². The molecule has 1 N–H and O–H groups in total. The molecule has 8 nitrogen and oxygen atoms in total. The lowest BCUT2D eigenvalue weighted by Gasteiger charge is -2.17. The number of carboxylic acid groups (broad SMARTS) is 1. The first-order valence-electron chi connectivity index (χ1n) is 7.80. The molecular formula is C18H20NO7S-. The quantitative estimate of drug-likeness (QED) is 0.757. The molecule has 0 bridgehead atoms. The third-order valence-corrected chi connectivity index (χ3v) is 5.57. The monoisotopic (exact) mass is 394 g/mol. The SMILES string of the molecule is COc1cc(NS(=O)(=O)c2cc(C(=O)[O-])cc(C)c2C)cc(OC)c1OC. The molecule has 27 heavy (non-hydrogen) atoms. The number of carbonyl (C=O) groups excluding carboxylic acids is 1. The van der Waals surface area contributed by atoms with E-state index in [1.807, 2.05) is 0 Å². The van der Waals surface area contributed by atoms with E-state index in [9.17, 15) is 18.3 Å². The van der Waals surface area contributed by atoms with Gasteiger partial charge in [0.2, 0.25) is 5.75 Å². The van der Waals surface area contributed by atoms with Crippen molar-refractivity contribution in [3.8, 4) is 17.2 Å². The second-order valence-electron chi connectivity index (χ2n) is 5.72. The summed E-state index contributed by atoms with van der Waals surface area (Å²) in [6.07, 6.45) is 0. The summed E-state index contributed by atoms with van der Waals surface area (Å²) in [4.78, 5) is 11.0. The van der Waals surface area contributed by atoms with E-state index in [1.165, 1.54) is 39.5 Å². The number of ether oxygens (including phenoxy) is 3. The molecule has 0 amide bonds. The number of nitrogens with one attached hydrogen (secondary N) is 1. The van der Waals surface area contributed by atoms with Crippen LogP contribution in [0.15, 0.2) is 29.2 Å². The highest BCUT2D eigenvalue weighted by atomic mass is 32.2. The number of carbonyl (C=O) groups is 1. The zero-order chi connectivity index (χ0) is 20.4. The second kappa shape index (κ2) is 7.75. The molecule has 0 aliphatic heterocycles. The summed E-state index contributed by atoms with van der Waals surface area (Å²) in [7, 11) is 0.166. The molecule has 0 spiro atoms. The fourth-order valence-electron chi connectivity index (χ4n) is 2.57. The van der Waals surface area contributed by atoms with E-state index in [2.05, 4.69) is 4.72 Å². The maximum atomic E-state index is 12.9. The van der Waals surface area contributed by atoms with E-state index >= 15 is 0 Å². The Labute approximate surface area is 157 Å². The summed E-state index contributed by atoms with van der Waals surface area (Å²) < 4.78 is 43.8. The molecule has 0 saturated heterocycles. The third kappa shape index (κ3) is 4.08. The first-order chi connectivity index (χ1) is 12.6. The van der Waals surface area contributed by atoms with Crippen LogP contribution in [-0.2, 0) is 10.0 Å². The summed E-state index contributed by atoms with van der Waals surface area (Å²) in [5.41, 5.74) is 0.894. The number of hydrogen-bond donors (Lipinski definition) is 1. The largest absolute Gasteiger partial charge is 0.545 e. The van der Waals surface area contributed by atoms with Gasteiger partial charge in [0.25, 0.3) is 10.0 Å². The van der Waals surface area contributed by atoms with Crippen LogP contribution in [0.1, 0.15) is 21.5 Å². The summed E-state index contributed by atoms with van der Waals surface area (Å²) in [5.74, 6) is -0.604. The van der Waals surface area contributed by atoms with Gasteiger partial charge >= 0.3 is 0 Å². The van der Waals surface area contributed by atoms with E-state index in [1.54, 1.807) is 13.8 Å². The van der Waals surface area contributed by atoms with Crippen molar-refractivity contribution in [3.05, 3.63) is 41.0 Å². The predicted octanol–water partition coefficient (Wildman–Crippen LogP) is 1.49. The van der Waals surface area contributed by atoms with E-state index < -0.39 is 16.0 Å². The number of anilines is 1. The van der Waals surface area contributed by atoms with Crippen LogP contribution in [0.25, 0.3) is 0 Å². The standard InChI is InChI=1S/C18H21NO7S/c1-10-6-12(18(20)21)7-16(11(10)2)27(22,23)19-13-8-14(24-3)17(26-5)15(9-13)25-4/h6-9,19H,1-5H3,(H,20,21)/p-1. The van der Waals surface area contributed by atoms with Crippen LogP contribution in [0, 0.1) is 13.8 Å². The number of aryl methyl sites for hydroxylation is 1. The highest BCUT2D eigenvalue weighted by Gasteiger charge is 2.22. The number of benzene rings is 2. The van der Waals surface area contributed by atoms with Crippen molar-refractivity contribution in [2.75, 3.05) is 26.1 Å². The summed E-state index contributed by atoms with van der Waals surface area (Å²) >= 11 is 0. The number of methoxy groups -OCH3 is 3. The number of aromatic carboxylic acids is 1. The predicted molar refractivity (Wildman–Crippen MR) is 97.2 cm³/mol. The lowest BCUT2D eigenvalue weighted by atomic mass is 10.1. The first kappa shape index (κ1) is 20.4. The van der Waals surface area contributed by atoms with Crippen LogP contribution >= 0.6 is 0 Å². The van der Waals surface area contributed by atoms with Crippen molar-refractivity contribution in [2.45, 2.75) is 18.7 Å². The van der Waals surface area contributed by atoms with Crippen molar-refractivity contribution in [1.82, 2.24) is 0 Å². The fourth-order valence-corrected chi connectivity index (χ4v) is 3.96. The molecule has 2 rings (SSSR count). The highest BCUT2D eigenvalue weighted by molar-refractivity contribution is 7.92. The Bertz CT molecular complexity index is 958. The van der Waals surface area contributed by atoms with Gasteiger partial charge in [-0.15, -0.1) is 0 Å². The molecule has 9 heteroatoms. The highest BCUT2D eigenvalue weighted by Crippen LogP contribution is 2.40. The van der Waals surface area contributed by atoms with Crippen LogP contribution in [0.4, 0.5) is 5.69 Å². The van der Waals surface area contributed by atoms with Gasteiger partial charge in [0, 0.05) is 12.1 Å². The van der Waals surface area contributed by atoms with Crippen LogP contribution < -0.4 is 24.0 Å². The number of sulfonamides is 1. The van der Waals surface area contributed by atoms with Gasteiger partial charge in [-0.3, -0.25) is 4.72 Å². The minimum Gasteiger partial charge on any atom is -0.545 e. The molecule has 0 aliphatic rings. The van der Waals surface area contributed by atoms with Crippen LogP contribution in [-0.4, -0.2) is 35.7 Å². The van der Waals surface area contributed by atoms with Gasteiger partial charge < -0.3 is 24.1 Å². The molecule has 0 aromatic heterocycles. The zero-order valence-electron chi connectivity index (χ0n) is 15.6. The van der Waals surface area contributed by atoms with Crippen LogP contribution in [0.3, 0.4) is 0 Å². The van der Waals surface area contributed by atoms with Crippen molar-refractivity contribution in [3.63, 3.8) is 0 Å². The average molecular weight is 394 g/mol. The molecule has 2 aromatic rings. The van der Waals surface area contributed by atoms with Crippen molar-refractivity contribution >= 4 is 21.7 Å². The molecule has 0 saturated carbocycles. The second-order valence-corrected chi connectivity index (χ2v) is 7.37. The van der Waals surface area contributed by atoms with Crippen molar-refractivity contribution < 1.29 is 32.5 Å². The van der Waals surface area contributed by atoms with Gasteiger partial charge in [-0.1, -0.05) is 0 Å². The Balaban J connectivity index is 2.56. The summed E-state index contributed by atoms with van der Waals surface area (Å²) in [6, 6.07) is 5.30. The zero-order valence-corrected chi connectivity index (χ0v) is 16.4. The number of hydrogen-bond acceptors (Lipinski definition) is 7. The summed E-state index contributed by atoms with van der Waals surface area (Å²) in [6.45, 7) is 3.22. The van der Waals surface area contributed by atoms with Crippen molar-refractivity contribution in [2.24, 2.45) is 0 Å². The fraction of sp³-hybridized carbons (Fsp3) is 0.278. The topological polar surface area (TPSA) is 114 Å². The Morgan fingerprint density at radius 2 is 1.52 bits per heavy atom. The molecule has 0 unspecified atom stereocenters. The van der Waals surface area contributed by atoms with E-state index in [-0.39, 0.29) is 27.6 Å². The molecule has 2 aromatic carbocycles.